The van der Waals surface area contributed by atoms with Crippen molar-refractivity contribution in [1.82, 2.24) is 5.32 Å². The third kappa shape index (κ3) is 5.62. The first kappa shape index (κ1) is 16.2. The second kappa shape index (κ2) is 7.21. The first-order valence-corrected chi connectivity index (χ1v) is 8.53. The molecule has 0 aromatic heterocycles. The van der Waals surface area contributed by atoms with Crippen molar-refractivity contribution in [2.45, 2.75) is 68.2 Å². The molecule has 0 spiro atoms. The lowest BCUT2D eigenvalue weighted by molar-refractivity contribution is 0.0495. The molecular formula is C17H25NO2S. The number of alkyl carbamates (subject to hydrolysis) is 1. The fourth-order valence-electron chi connectivity index (χ4n) is 2.54. The van der Waals surface area contributed by atoms with Crippen LogP contribution < -0.4 is 5.32 Å². The van der Waals surface area contributed by atoms with Crippen LogP contribution in [0.3, 0.4) is 0 Å². The molecule has 0 radical (unpaired) electrons. The number of hydrogen-bond acceptors (Lipinski definition) is 3. The van der Waals surface area contributed by atoms with Gasteiger partial charge in [0.1, 0.15) is 5.60 Å². The average molecular weight is 307 g/mol. The van der Waals surface area contributed by atoms with Crippen LogP contribution in [0.25, 0.3) is 0 Å². The Balaban J connectivity index is 1.94. The van der Waals surface area contributed by atoms with Gasteiger partial charge in [-0.05, 0) is 45.7 Å². The van der Waals surface area contributed by atoms with Crippen molar-refractivity contribution in [3.8, 4) is 0 Å². The predicted octanol–water partition coefficient (Wildman–Crippen LogP) is 4.61. The largest absolute Gasteiger partial charge is 0.444 e. The number of amides is 1. The van der Waals surface area contributed by atoms with Crippen molar-refractivity contribution in [2.24, 2.45) is 0 Å². The van der Waals surface area contributed by atoms with Gasteiger partial charge < -0.3 is 10.1 Å². The van der Waals surface area contributed by atoms with Crippen LogP contribution >= 0.6 is 11.8 Å². The van der Waals surface area contributed by atoms with Gasteiger partial charge in [0, 0.05) is 16.2 Å². The highest BCUT2D eigenvalue weighted by molar-refractivity contribution is 8.00. The smallest absolute Gasteiger partial charge is 0.407 e. The summed E-state index contributed by atoms with van der Waals surface area (Å²) in [5.41, 5.74) is -0.444. The van der Waals surface area contributed by atoms with E-state index in [0.717, 1.165) is 12.8 Å². The van der Waals surface area contributed by atoms with Gasteiger partial charge in [-0.3, -0.25) is 0 Å². The number of thioether (sulfide) groups is 1. The van der Waals surface area contributed by atoms with Gasteiger partial charge in [0.2, 0.25) is 0 Å². The first-order valence-electron chi connectivity index (χ1n) is 7.65. The highest BCUT2D eigenvalue weighted by Crippen LogP contribution is 2.33. The van der Waals surface area contributed by atoms with Gasteiger partial charge in [0.15, 0.2) is 0 Å². The van der Waals surface area contributed by atoms with Crippen LogP contribution in [0.2, 0.25) is 0 Å². The van der Waals surface area contributed by atoms with E-state index in [0.29, 0.717) is 5.25 Å². The van der Waals surface area contributed by atoms with Crippen LogP contribution in [0.15, 0.2) is 35.2 Å². The second-order valence-corrected chi connectivity index (χ2v) is 7.82. The molecule has 2 atom stereocenters. The quantitative estimate of drug-likeness (QED) is 0.886. The summed E-state index contributed by atoms with van der Waals surface area (Å²) < 4.78 is 5.38. The summed E-state index contributed by atoms with van der Waals surface area (Å²) >= 11 is 1.86. The van der Waals surface area contributed by atoms with Crippen molar-refractivity contribution in [3.05, 3.63) is 30.3 Å². The Kier molecular flexibility index (Phi) is 5.57. The van der Waals surface area contributed by atoms with E-state index in [-0.39, 0.29) is 12.1 Å². The van der Waals surface area contributed by atoms with Gasteiger partial charge in [-0.15, -0.1) is 11.8 Å². The number of benzene rings is 1. The highest BCUT2D eigenvalue weighted by Gasteiger charge is 2.29. The molecular weight excluding hydrogens is 282 g/mol. The Morgan fingerprint density at radius 2 is 1.86 bits per heavy atom. The van der Waals surface area contributed by atoms with Crippen LogP contribution in [0.4, 0.5) is 4.79 Å². The Morgan fingerprint density at radius 3 is 2.52 bits per heavy atom. The van der Waals surface area contributed by atoms with E-state index in [1.807, 2.05) is 38.6 Å². The van der Waals surface area contributed by atoms with E-state index in [2.05, 4.69) is 29.6 Å². The summed E-state index contributed by atoms with van der Waals surface area (Å²) in [6, 6.07) is 10.6. The Labute approximate surface area is 131 Å². The summed E-state index contributed by atoms with van der Waals surface area (Å²) in [4.78, 5) is 13.2. The van der Waals surface area contributed by atoms with Crippen LogP contribution in [0.1, 0.15) is 46.5 Å². The van der Waals surface area contributed by atoms with E-state index < -0.39 is 5.60 Å². The third-order valence-electron chi connectivity index (χ3n) is 3.44. The number of ether oxygens (including phenoxy) is 1. The average Bonchev–Trinajstić information content (AvgIpc) is 2.40. The SMILES string of the molecule is CC(C)(C)OC(=O)N[C@@H]1CCCC[C@@H]1Sc1ccccc1. The molecule has 0 unspecified atom stereocenters. The van der Waals surface area contributed by atoms with E-state index in [1.165, 1.54) is 17.7 Å². The molecule has 0 bridgehead atoms. The summed E-state index contributed by atoms with van der Waals surface area (Å²) in [5.74, 6) is 0. The van der Waals surface area contributed by atoms with Gasteiger partial charge in [-0.1, -0.05) is 31.0 Å². The molecule has 3 nitrogen and oxygen atoms in total. The standard InChI is InChI=1S/C17H25NO2S/c1-17(2,3)20-16(19)18-14-11-7-8-12-15(14)21-13-9-5-4-6-10-13/h4-6,9-10,14-15H,7-8,11-12H2,1-3H3,(H,18,19)/t14-,15+/m1/s1. The molecule has 0 heterocycles. The van der Waals surface area contributed by atoms with Crippen LogP contribution in [-0.2, 0) is 4.74 Å². The fourth-order valence-corrected chi connectivity index (χ4v) is 3.85. The van der Waals surface area contributed by atoms with Gasteiger partial charge in [0.25, 0.3) is 0 Å². The molecule has 2 rings (SSSR count). The molecule has 1 saturated carbocycles. The zero-order chi connectivity index (χ0) is 15.3. The lowest BCUT2D eigenvalue weighted by Gasteiger charge is -2.32. The molecule has 0 aliphatic heterocycles. The van der Waals surface area contributed by atoms with Gasteiger partial charge >= 0.3 is 6.09 Å². The molecule has 1 N–H and O–H groups in total. The summed E-state index contributed by atoms with van der Waals surface area (Å²) in [6.07, 6.45) is 4.28. The zero-order valence-electron chi connectivity index (χ0n) is 13.1. The highest BCUT2D eigenvalue weighted by atomic mass is 32.2. The molecule has 1 amide bonds. The Hall–Kier alpha value is -1.16. The lowest BCUT2D eigenvalue weighted by Crippen LogP contribution is -2.45. The van der Waals surface area contributed by atoms with Crippen LogP contribution in [0, 0.1) is 0 Å². The number of carbonyl (C=O) groups is 1. The molecule has 1 aliphatic rings. The zero-order valence-corrected chi connectivity index (χ0v) is 13.9. The topological polar surface area (TPSA) is 38.3 Å². The van der Waals surface area contributed by atoms with Crippen LogP contribution in [0.5, 0.6) is 0 Å². The maximum atomic E-state index is 12.0. The van der Waals surface area contributed by atoms with E-state index in [9.17, 15) is 4.79 Å². The normalized spacial score (nSPS) is 22.6. The van der Waals surface area contributed by atoms with Gasteiger partial charge in [0.05, 0.1) is 0 Å². The molecule has 21 heavy (non-hydrogen) atoms. The second-order valence-electron chi connectivity index (χ2n) is 6.51. The first-order chi connectivity index (χ1) is 9.94. The molecule has 1 aromatic rings. The summed E-state index contributed by atoms with van der Waals surface area (Å²) in [7, 11) is 0. The molecule has 116 valence electrons. The van der Waals surface area contributed by atoms with Crippen LogP contribution in [-0.4, -0.2) is 23.0 Å². The third-order valence-corrected chi connectivity index (χ3v) is 4.85. The molecule has 4 heteroatoms. The van der Waals surface area contributed by atoms with E-state index >= 15 is 0 Å². The molecule has 1 aliphatic carbocycles. The lowest BCUT2D eigenvalue weighted by atomic mass is 9.95. The summed E-state index contributed by atoms with van der Waals surface area (Å²) in [5, 5.41) is 3.49. The molecule has 1 aromatic carbocycles. The Morgan fingerprint density at radius 1 is 1.19 bits per heavy atom. The predicted molar refractivity (Wildman–Crippen MR) is 87.7 cm³/mol. The number of hydrogen-bond donors (Lipinski definition) is 1. The number of nitrogens with one attached hydrogen (secondary N) is 1. The van der Waals surface area contributed by atoms with Crippen molar-refractivity contribution >= 4 is 17.9 Å². The van der Waals surface area contributed by atoms with E-state index in [1.54, 1.807) is 0 Å². The minimum atomic E-state index is -0.444. The van der Waals surface area contributed by atoms with Gasteiger partial charge in [-0.25, -0.2) is 4.79 Å². The molecule has 0 saturated heterocycles. The number of carbonyl (C=O) groups excluding carboxylic acids is 1. The molecule has 1 fully saturated rings. The minimum absolute atomic E-state index is 0.193. The van der Waals surface area contributed by atoms with Crippen molar-refractivity contribution in [3.63, 3.8) is 0 Å². The monoisotopic (exact) mass is 307 g/mol. The van der Waals surface area contributed by atoms with Crippen molar-refractivity contribution in [1.29, 1.82) is 0 Å². The maximum absolute atomic E-state index is 12.0. The van der Waals surface area contributed by atoms with E-state index in [4.69, 9.17) is 4.74 Å². The minimum Gasteiger partial charge on any atom is -0.444 e. The Bertz CT molecular complexity index is 456. The maximum Gasteiger partial charge on any atom is 0.407 e. The fraction of sp³-hybridized carbons (Fsp3) is 0.588. The number of rotatable bonds is 3. The summed E-state index contributed by atoms with van der Waals surface area (Å²) in [6.45, 7) is 5.68. The van der Waals surface area contributed by atoms with Crippen molar-refractivity contribution < 1.29 is 9.53 Å². The van der Waals surface area contributed by atoms with Crippen molar-refractivity contribution in [2.75, 3.05) is 0 Å². The van der Waals surface area contributed by atoms with Gasteiger partial charge in [-0.2, -0.15) is 0 Å².